The van der Waals surface area contributed by atoms with E-state index in [0.717, 1.165) is 24.4 Å². The Morgan fingerprint density at radius 1 is 0.769 bits per heavy atom. The molecule has 150 valence electrons. The molecule has 1 unspecified atom stereocenters. The quantitative estimate of drug-likeness (QED) is 0.475. The van der Waals surface area contributed by atoms with E-state index < -0.39 is 33.8 Å². The molecule has 0 aliphatic heterocycles. The predicted octanol–water partition coefficient (Wildman–Crippen LogP) is 5.82. The van der Waals surface area contributed by atoms with E-state index in [1.165, 1.54) is 0 Å². The number of rotatable bonds is 10. The van der Waals surface area contributed by atoms with Crippen molar-refractivity contribution in [2.24, 2.45) is 0 Å². The van der Waals surface area contributed by atoms with Gasteiger partial charge in [0, 0.05) is 0 Å². The normalized spacial score (nSPS) is 15.7. The summed E-state index contributed by atoms with van der Waals surface area (Å²) in [6.07, 6.45) is 1.78. The van der Waals surface area contributed by atoms with E-state index in [0.29, 0.717) is 5.75 Å². The molecule has 0 aliphatic rings. The molecule has 1 atom stereocenters. The largest absolute Gasteiger partial charge is 0.508 e. The van der Waals surface area contributed by atoms with Crippen LogP contribution >= 0.6 is 0 Å². The zero-order valence-electron chi connectivity index (χ0n) is 18.1. The molecular formula is C18H38O4Si4. The van der Waals surface area contributed by atoms with Crippen molar-refractivity contribution >= 4 is 33.8 Å². The van der Waals surface area contributed by atoms with E-state index in [1.54, 1.807) is 6.07 Å². The first-order valence-electron chi connectivity index (χ1n) is 9.48. The molecule has 1 aromatic carbocycles. The highest BCUT2D eigenvalue weighted by Gasteiger charge is 2.44. The second-order valence-electron chi connectivity index (χ2n) is 9.55. The number of benzene rings is 1. The van der Waals surface area contributed by atoms with Crippen molar-refractivity contribution in [1.29, 1.82) is 0 Å². The molecule has 26 heavy (non-hydrogen) atoms. The average molecular weight is 431 g/mol. The molecule has 0 saturated heterocycles. The van der Waals surface area contributed by atoms with Gasteiger partial charge < -0.3 is 17.5 Å². The van der Waals surface area contributed by atoms with Gasteiger partial charge in [0.15, 0.2) is 16.6 Å². The third-order valence-electron chi connectivity index (χ3n) is 3.60. The number of para-hydroxylation sites is 1. The Morgan fingerprint density at radius 3 is 1.81 bits per heavy atom. The maximum atomic E-state index is 9.99. The van der Waals surface area contributed by atoms with Gasteiger partial charge in [-0.15, -0.1) is 0 Å². The Kier molecular flexibility index (Phi) is 8.10. The Bertz CT molecular complexity index is 581. The van der Waals surface area contributed by atoms with Crippen LogP contribution < -0.4 is 0 Å². The second kappa shape index (κ2) is 8.85. The molecule has 0 aliphatic carbocycles. The lowest BCUT2D eigenvalue weighted by Gasteiger charge is -2.41. The Balaban J connectivity index is 2.84. The summed E-state index contributed by atoms with van der Waals surface area (Å²) in [5.41, 5.74) is 0.992. The molecular weight excluding hydrogens is 393 g/mol. The lowest BCUT2D eigenvalue weighted by atomic mass is 10.1. The maximum absolute atomic E-state index is 9.99. The summed E-state index contributed by atoms with van der Waals surface area (Å²) in [7, 11) is -7.98. The molecule has 0 heterocycles. The smallest absolute Gasteiger partial charge is 0.315 e. The van der Waals surface area contributed by atoms with Gasteiger partial charge in [-0.3, -0.25) is 0 Å². The van der Waals surface area contributed by atoms with Gasteiger partial charge in [-0.25, -0.2) is 0 Å². The number of phenolic OH excluding ortho intramolecular Hbond substituents is 1. The molecule has 0 fully saturated rings. The highest BCUT2D eigenvalue weighted by atomic mass is 28.5. The minimum atomic E-state index is -2.35. The third kappa shape index (κ3) is 9.63. The standard InChI is InChI=1S/C18H38O4Si4/c1-23(2,3)20-25(7,8)22-26(9,21-24(4,5)6)16-12-14-17-13-10-11-15-18(17)19/h10-11,13,15,19H,12,14,16H2,1-9H3. The summed E-state index contributed by atoms with van der Waals surface area (Å²) in [6, 6.07) is 8.48. The zero-order chi connectivity index (χ0) is 20.2. The van der Waals surface area contributed by atoms with E-state index in [9.17, 15) is 5.11 Å². The van der Waals surface area contributed by atoms with E-state index in [2.05, 4.69) is 58.9 Å². The second-order valence-corrected chi connectivity index (χ2v) is 26.0. The Hall–Kier alpha value is -0.232. The zero-order valence-corrected chi connectivity index (χ0v) is 22.1. The SMILES string of the molecule is C[Si](C)(C)O[Si](C)(C)O[Si](C)(CCCc1ccccc1O)O[Si](C)(C)C. The number of hydrogen-bond donors (Lipinski definition) is 1. The first-order valence-corrected chi connectivity index (χ1v) is 21.6. The maximum Gasteiger partial charge on any atom is 0.315 e. The summed E-state index contributed by atoms with van der Waals surface area (Å²) >= 11 is 0. The van der Waals surface area contributed by atoms with Gasteiger partial charge in [0.25, 0.3) is 0 Å². The van der Waals surface area contributed by atoms with Gasteiger partial charge in [-0.05, 0) is 89.4 Å². The van der Waals surface area contributed by atoms with Crippen molar-refractivity contribution in [2.75, 3.05) is 0 Å². The molecule has 0 saturated carbocycles. The number of aryl methyl sites for hydroxylation is 1. The topological polar surface area (TPSA) is 47.9 Å². The summed E-state index contributed by atoms with van der Waals surface area (Å²) in [4.78, 5) is 0. The predicted molar refractivity (Wildman–Crippen MR) is 120 cm³/mol. The van der Waals surface area contributed by atoms with Crippen molar-refractivity contribution in [3.63, 3.8) is 0 Å². The highest BCUT2D eigenvalue weighted by Crippen LogP contribution is 2.29. The van der Waals surface area contributed by atoms with Crippen LogP contribution in [0.25, 0.3) is 0 Å². The lowest BCUT2D eigenvalue weighted by molar-refractivity contribution is 0.322. The molecule has 4 nitrogen and oxygen atoms in total. The van der Waals surface area contributed by atoms with Gasteiger partial charge in [-0.1, -0.05) is 18.2 Å². The molecule has 0 radical (unpaired) electrons. The molecule has 0 aromatic heterocycles. The van der Waals surface area contributed by atoms with Gasteiger partial charge >= 0.3 is 17.1 Å². The van der Waals surface area contributed by atoms with Gasteiger partial charge in [0.2, 0.25) is 0 Å². The lowest BCUT2D eigenvalue weighted by Crippen LogP contribution is -2.56. The number of phenols is 1. The molecule has 0 amide bonds. The number of aromatic hydroxyl groups is 1. The van der Waals surface area contributed by atoms with Crippen LogP contribution in [0.1, 0.15) is 12.0 Å². The van der Waals surface area contributed by atoms with Crippen LogP contribution in [-0.2, 0) is 18.8 Å². The van der Waals surface area contributed by atoms with Gasteiger partial charge in [0.1, 0.15) is 5.75 Å². The minimum Gasteiger partial charge on any atom is -0.508 e. The molecule has 1 N–H and O–H groups in total. The van der Waals surface area contributed by atoms with Crippen LogP contribution in [0.15, 0.2) is 24.3 Å². The van der Waals surface area contributed by atoms with Crippen molar-refractivity contribution in [2.45, 2.75) is 77.8 Å². The molecule has 8 heteroatoms. The fourth-order valence-electron chi connectivity index (χ4n) is 3.37. The van der Waals surface area contributed by atoms with E-state index in [-0.39, 0.29) is 0 Å². The molecule has 0 spiro atoms. The van der Waals surface area contributed by atoms with Crippen LogP contribution in [0.3, 0.4) is 0 Å². The van der Waals surface area contributed by atoms with Crippen molar-refractivity contribution in [1.82, 2.24) is 0 Å². The monoisotopic (exact) mass is 430 g/mol. The Labute approximate surface area is 164 Å². The summed E-state index contributed by atoms with van der Waals surface area (Å²) < 4.78 is 19.7. The van der Waals surface area contributed by atoms with E-state index in [1.807, 2.05) is 18.2 Å². The summed E-state index contributed by atoms with van der Waals surface area (Å²) in [5, 5.41) is 9.99. The van der Waals surface area contributed by atoms with Crippen LogP contribution in [0, 0.1) is 0 Å². The van der Waals surface area contributed by atoms with Crippen LogP contribution in [-0.4, -0.2) is 38.9 Å². The third-order valence-corrected chi connectivity index (χ3v) is 17.2. The van der Waals surface area contributed by atoms with Crippen molar-refractivity contribution in [3.05, 3.63) is 29.8 Å². The van der Waals surface area contributed by atoms with E-state index in [4.69, 9.17) is 12.3 Å². The minimum absolute atomic E-state index is 0.375. The average Bonchev–Trinajstić information content (AvgIpc) is 2.34. The summed E-state index contributed by atoms with van der Waals surface area (Å²) in [6.45, 7) is 19.8. The first-order chi connectivity index (χ1) is 11.6. The fraction of sp³-hybridized carbons (Fsp3) is 0.667. The molecule has 1 rings (SSSR count). The highest BCUT2D eigenvalue weighted by molar-refractivity contribution is 6.89. The van der Waals surface area contributed by atoms with E-state index >= 15 is 0 Å². The molecule has 0 bridgehead atoms. The van der Waals surface area contributed by atoms with Crippen molar-refractivity contribution < 1.29 is 17.5 Å². The number of hydrogen-bond acceptors (Lipinski definition) is 4. The van der Waals surface area contributed by atoms with Gasteiger partial charge in [0.05, 0.1) is 0 Å². The molecule has 1 aromatic rings. The first kappa shape index (κ1) is 23.8. The van der Waals surface area contributed by atoms with Crippen LogP contribution in [0.5, 0.6) is 5.75 Å². The van der Waals surface area contributed by atoms with Crippen LogP contribution in [0.4, 0.5) is 0 Å². The van der Waals surface area contributed by atoms with Crippen LogP contribution in [0.2, 0.25) is 65.0 Å². The van der Waals surface area contributed by atoms with Crippen molar-refractivity contribution in [3.8, 4) is 5.75 Å². The summed E-state index contributed by atoms with van der Waals surface area (Å²) in [5.74, 6) is 0.375. The van der Waals surface area contributed by atoms with Gasteiger partial charge in [-0.2, -0.15) is 0 Å². The fourth-order valence-corrected chi connectivity index (χ4v) is 21.3. The Morgan fingerprint density at radius 2 is 1.31 bits per heavy atom.